The van der Waals surface area contributed by atoms with Crippen molar-refractivity contribution >= 4 is 17.0 Å². The molecule has 0 aliphatic rings. The monoisotopic (exact) mass is 270 g/mol. The van der Waals surface area contributed by atoms with Gasteiger partial charge in [0.15, 0.2) is 5.69 Å². The molecule has 7 heteroatoms. The number of benzene rings is 1. The molecule has 1 aromatic carbocycles. The van der Waals surface area contributed by atoms with Gasteiger partial charge in [0.2, 0.25) is 0 Å². The summed E-state index contributed by atoms with van der Waals surface area (Å²) in [6.45, 7) is 1.54. The van der Waals surface area contributed by atoms with Crippen molar-refractivity contribution in [2.45, 2.75) is 13.1 Å². The first-order valence-corrected chi connectivity index (χ1v) is 5.27. The zero-order valence-corrected chi connectivity index (χ0v) is 10.1. The summed E-state index contributed by atoms with van der Waals surface area (Å²) >= 11 is 0. The van der Waals surface area contributed by atoms with Gasteiger partial charge in [0.1, 0.15) is 0 Å². The number of rotatable bonds is 1. The van der Waals surface area contributed by atoms with Crippen LogP contribution in [-0.4, -0.2) is 23.0 Å². The zero-order chi connectivity index (χ0) is 14.2. The molecule has 0 saturated heterocycles. The molecule has 2 aromatic rings. The van der Waals surface area contributed by atoms with Gasteiger partial charge >= 0.3 is 12.1 Å². The van der Waals surface area contributed by atoms with Gasteiger partial charge in [-0.15, -0.1) is 0 Å². The van der Waals surface area contributed by atoms with Crippen LogP contribution in [0.5, 0.6) is 0 Å². The predicted octanol–water partition coefficient (Wildman–Crippen LogP) is 2.74. The van der Waals surface area contributed by atoms with Crippen LogP contribution in [0.3, 0.4) is 0 Å². The Bertz CT molecular complexity index is 653. The summed E-state index contributed by atoms with van der Waals surface area (Å²) in [5, 5.41) is 0. The fraction of sp³-hybridized carbons (Fsp3) is 0.250. The van der Waals surface area contributed by atoms with Crippen molar-refractivity contribution in [2.24, 2.45) is 0 Å². The van der Waals surface area contributed by atoms with E-state index in [1.54, 1.807) is 0 Å². The third-order valence-electron chi connectivity index (χ3n) is 2.54. The van der Waals surface area contributed by atoms with Gasteiger partial charge in [0.25, 0.3) is 0 Å². The van der Waals surface area contributed by atoms with E-state index >= 15 is 0 Å². The standard InChI is InChI=1S/C12H9F3N2O2/c1-6-10(11(18)19-2)17-9-5-7(12(13,14)15)3-4-8(9)16-6/h3-5H,1-2H3. The highest BCUT2D eigenvalue weighted by molar-refractivity contribution is 5.91. The Balaban J connectivity index is 2.65. The van der Waals surface area contributed by atoms with Crippen molar-refractivity contribution < 1.29 is 22.7 Å². The molecule has 0 fully saturated rings. The van der Waals surface area contributed by atoms with Crippen LogP contribution in [0.4, 0.5) is 13.2 Å². The SMILES string of the molecule is COC(=O)c1nc2cc(C(F)(F)F)ccc2nc1C. The van der Waals surface area contributed by atoms with Crippen molar-refractivity contribution in [3.8, 4) is 0 Å². The summed E-state index contributed by atoms with van der Waals surface area (Å²) < 4.78 is 42.2. The maximum Gasteiger partial charge on any atom is 0.416 e. The molecule has 0 atom stereocenters. The Morgan fingerprint density at radius 3 is 2.47 bits per heavy atom. The van der Waals surface area contributed by atoms with Gasteiger partial charge in [-0.2, -0.15) is 13.2 Å². The van der Waals surface area contributed by atoms with Crippen LogP contribution in [0.25, 0.3) is 11.0 Å². The molecule has 2 rings (SSSR count). The lowest BCUT2D eigenvalue weighted by Gasteiger charge is -2.08. The molecule has 0 N–H and O–H groups in total. The summed E-state index contributed by atoms with van der Waals surface area (Å²) in [5.74, 6) is -0.732. The Kier molecular flexibility index (Phi) is 3.13. The molecule has 0 bridgehead atoms. The van der Waals surface area contributed by atoms with Gasteiger partial charge in [0, 0.05) is 0 Å². The van der Waals surface area contributed by atoms with E-state index in [-0.39, 0.29) is 16.7 Å². The molecule has 0 spiro atoms. The number of carbonyl (C=O) groups excluding carboxylic acids is 1. The summed E-state index contributed by atoms with van der Waals surface area (Å²) in [7, 11) is 1.17. The first-order chi connectivity index (χ1) is 8.82. The first-order valence-electron chi connectivity index (χ1n) is 5.27. The number of nitrogens with zero attached hydrogens (tertiary/aromatic N) is 2. The molecule has 19 heavy (non-hydrogen) atoms. The smallest absolute Gasteiger partial charge is 0.416 e. The van der Waals surface area contributed by atoms with E-state index in [4.69, 9.17) is 0 Å². The third kappa shape index (κ3) is 2.49. The molecule has 1 aromatic heterocycles. The van der Waals surface area contributed by atoms with E-state index in [1.165, 1.54) is 20.1 Å². The average molecular weight is 270 g/mol. The van der Waals surface area contributed by atoms with Crippen molar-refractivity contribution in [1.29, 1.82) is 0 Å². The fourth-order valence-electron chi connectivity index (χ4n) is 1.61. The summed E-state index contributed by atoms with van der Waals surface area (Å²) in [6.07, 6.45) is -4.47. The summed E-state index contributed by atoms with van der Waals surface area (Å²) in [5.41, 5.74) is -0.332. The fourth-order valence-corrected chi connectivity index (χ4v) is 1.61. The van der Waals surface area contributed by atoms with Gasteiger partial charge in [-0.05, 0) is 25.1 Å². The largest absolute Gasteiger partial charge is 0.464 e. The van der Waals surface area contributed by atoms with E-state index < -0.39 is 17.7 Å². The second-order valence-electron chi connectivity index (χ2n) is 3.85. The van der Waals surface area contributed by atoms with Gasteiger partial charge < -0.3 is 4.74 Å². The lowest BCUT2D eigenvalue weighted by atomic mass is 10.1. The summed E-state index contributed by atoms with van der Waals surface area (Å²) in [6, 6.07) is 3.00. The third-order valence-corrected chi connectivity index (χ3v) is 2.54. The predicted molar refractivity (Wildman–Crippen MR) is 60.6 cm³/mol. The second-order valence-corrected chi connectivity index (χ2v) is 3.85. The molecular formula is C12H9F3N2O2. The number of ether oxygens (including phenoxy) is 1. The van der Waals surface area contributed by atoms with Crippen LogP contribution in [-0.2, 0) is 10.9 Å². The topological polar surface area (TPSA) is 52.1 Å². The Morgan fingerprint density at radius 1 is 1.21 bits per heavy atom. The zero-order valence-electron chi connectivity index (χ0n) is 10.1. The average Bonchev–Trinajstić information content (AvgIpc) is 2.35. The number of hydrogen-bond acceptors (Lipinski definition) is 4. The number of methoxy groups -OCH3 is 1. The molecule has 100 valence electrons. The molecule has 1 heterocycles. The highest BCUT2D eigenvalue weighted by Gasteiger charge is 2.30. The van der Waals surface area contributed by atoms with Crippen molar-refractivity contribution in [3.63, 3.8) is 0 Å². The lowest BCUT2D eigenvalue weighted by molar-refractivity contribution is -0.137. The molecule has 0 radical (unpaired) electrons. The second kappa shape index (κ2) is 4.49. The Hall–Kier alpha value is -2.18. The normalized spacial score (nSPS) is 11.6. The summed E-state index contributed by atoms with van der Waals surface area (Å²) in [4.78, 5) is 19.3. The minimum Gasteiger partial charge on any atom is -0.464 e. The maximum atomic E-state index is 12.6. The number of halogens is 3. The number of aromatic nitrogens is 2. The molecule has 0 aliphatic heterocycles. The number of hydrogen-bond donors (Lipinski definition) is 0. The Labute approximate surface area is 106 Å². The van der Waals surface area contributed by atoms with Crippen molar-refractivity contribution in [3.05, 3.63) is 35.2 Å². The molecule has 0 saturated carbocycles. The minimum absolute atomic E-state index is 0.000764. The number of esters is 1. The van der Waals surface area contributed by atoms with Crippen LogP contribution in [0, 0.1) is 6.92 Å². The van der Waals surface area contributed by atoms with E-state index in [2.05, 4.69) is 14.7 Å². The van der Waals surface area contributed by atoms with Crippen LogP contribution in [0.15, 0.2) is 18.2 Å². The molecular weight excluding hydrogens is 261 g/mol. The first kappa shape index (κ1) is 13.3. The van der Waals surface area contributed by atoms with Crippen LogP contribution in [0.2, 0.25) is 0 Å². The molecule has 0 amide bonds. The van der Waals surface area contributed by atoms with Crippen LogP contribution < -0.4 is 0 Å². The molecule has 0 aliphatic carbocycles. The number of alkyl halides is 3. The Morgan fingerprint density at radius 2 is 1.89 bits per heavy atom. The van der Waals surface area contributed by atoms with Crippen molar-refractivity contribution in [2.75, 3.05) is 7.11 Å². The number of carbonyl (C=O) groups is 1. The van der Waals surface area contributed by atoms with Crippen LogP contribution in [0.1, 0.15) is 21.7 Å². The van der Waals surface area contributed by atoms with E-state index in [9.17, 15) is 18.0 Å². The maximum absolute atomic E-state index is 12.6. The van der Waals surface area contributed by atoms with Crippen LogP contribution >= 0.6 is 0 Å². The quantitative estimate of drug-likeness (QED) is 0.748. The molecule has 0 unspecified atom stereocenters. The highest BCUT2D eigenvalue weighted by Crippen LogP contribution is 2.30. The van der Waals surface area contributed by atoms with E-state index in [1.807, 2.05) is 0 Å². The number of fused-ring (bicyclic) bond motifs is 1. The molecule has 4 nitrogen and oxygen atoms in total. The minimum atomic E-state index is -4.47. The number of aryl methyl sites for hydroxylation is 1. The van der Waals surface area contributed by atoms with Gasteiger partial charge in [-0.1, -0.05) is 0 Å². The highest BCUT2D eigenvalue weighted by atomic mass is 19.4. The van der Waals surface area contributed by atoms with Gasteiger partial charge in [-0.25, -0.2) is 14.8 Å². The lowest BCUT2D eigenvalue weighted by Crippen LogP contribution is -2.10. The van der Waals surface area contributed by atoms with Gasteiger partial charge in [-0.3, -0.25) is 0 Å². The van der Waals surface area contributed by atoms with E-state index in [0.717, 1.165) is 12.1 Å². The van der Waals surface area contributed by atoms with Gasteiger partial charge in [0.05, 0.1) is 29.4 Å². The van der Waals surface area contributed by atoms with Crippen molar-refractivity contribution in [1.82, 2.24) is 9.97 Å². The van der Waals surface area contributed by atoms with E-state index in [0.29, 0.717) is 5.69 Å².